The average Bonchev–Trinajstić information content (AvgIpc) is 3.00. The van der Waals surface area contributed by atoms with E-state index in [1.165, 1.54) is 37.3 Å². The van der Waals surface area contributed by atoms with E-state index >= 15 is 0 Å². The van der Waals surface area contributed by atoms with Crippen LogP contribution in [0.3, 0.4) is 0 Å². The van der Waals surface area contributed by atoms with E-state index in [1.54, 1.807) is 24.3 Å². The Labute approximate surface area is 265 Å². The highest BCUT2D eigenvalue weighted by atomic mass is 32.2. The smallest absolute Gasteiger partial charge is 0.245 e. The van der Waals surface area contributed by atoms with Gasteiger partial charge in [0.2, 0.25) is 23.6 Å². The van der Waals surface area contributed by atoms with Gasteiger partial charge in [0, 0.05) is 42.7 Å². The number of amides is 4. The molecule has 9 N–H and O–H groups in total. The number of nitrogens with zero attached hydrogens (tertiary/aromatic N) is 2. The molecule has 0 aromatic heterocycles. The van der Waals surface area contributed by atoms with Gasteiger partial charge >= 0.3 is 0 Å². The summed E-state index contributed by atoms with van der Waals surface area (Å²) < 4.78 is 11.5. The van der Waals surface area contributed by atoms with Crippen molar-refractivity contribution in [1.82, 2.24) is 20.9 Å². The first-order valence-corrected chi connectivity index (χ1v) is 16.0. The number of nitrogens with one attached hydrogen (secondary N) is 3. The van der Waals surface area contributed by atoms with Crippen molar-refractivity contribution in [2.75, 3.05) is 32.2 Å². The van der Waals surface area contributed by atoms with Gasteiger partial charge in [-0.15, -0.1) is 0 Å². The summed E-state index contributed by atoms with van der Waals surface area (Å²) in [6.45, 7) is 0.604. The van der Waals surface area contributed by atoms with Gasteiger partial charge in [0.1, 0.15) is 23.9 Å². The molecule has 45 heavy (non-hydrogen) atoms. The summed E-state index contributed by atoms with van der Waals surface area (Å²) >= 11 is 0. The highest BCUT2D eigenvalue weighted by molar-refractivity contribution is 7.84. The second-order valence-electron chi connectivity index (χ2n) is 10.6. The van der Waals surface area contributed by atoms with Crippen LogP contribution in [0.15, 0.2) is 59.6 Å². The second kappa shape index (κ2) is 18.3. The molecule has 14 nitrogen and oxygen atoms in total. The molecule has 0 saturated carbocycles. The number of hydrogen-bond acceptors (Lipinski definition) is 8. The first-order chi connectivity index (χ1) is 21.3. The Morgan fingerprint density at radius 2 is 1.56 bits per heavy atom. The number of benzene rings is 2. The van der Waals surface area contributed by atoms with Crippen molar-refractivity contribution in [3.63, 3.8) is 0 Å². The van der Waals surface area contributed by atoms with Crippen LogP contribution in [0, 0.1) is 0 Å². The zero-order chi connectivity index (χ0) is 33.5. The first kappa shape index (κ1) is 36.7. The van der Waals surface area contributed by atoms with Crippen LogP contribution in [-0.4, -0.2) is 105 Å². The number of hydrogen-bond donors (Lipinski definition) is 7. The molecular weight excluding hydrogens is 602 g/mol. The Morgan fingerprint density at radius 3 is 2.13 bits per heavy atom. The predicted octanol–water partition coefficient (Wildman–Crippen LogP) is -1.49. The number of aromatic hydroxyl groups is 1. The normalized spacial score (nSPS) is 14.1. The Kier molecular flexibility index (Phi) is 15.0. The molecule has 2 aromatic carbocycles. The minimum atomic E-state index is -1.11. The van der Waals surface area contributed by atoms with Crippen LogP contribution in [0.25, 0.3) is 0 Å². The zero-order valence-corrected chi connectivity index (χ0v) is 26.5. The molecule has 0 fully saturated rings. The molecule has 5 unspecified atom stereocenters. The van der Waals surface area contributed by atoms with E-state index in [9.17, 15) is 33.6 Å². The van der Waals surface area contributed by atoms with Crippen LogP contribution in [0.4, 0.5) is 0 Å². The van der Waals surface area contributed by atoms with Crippen molar-refractivity contribution < 1.29 is 33.6 Å². The molecule has 2 aromatic rings. The number of carbonyl (C=O) groups is 4. The summed E-state index contributed by atoms with van der Waals surface area (Å²) in [7, 11) is 0.324. The molecule has 0 radical (unpaired) electrons. The minimum Gasteiger partial charge on any atom is -0.508 e. The van der Waals surface area contributed by atoms with E-state index in [0.717, 1.165) is 5.56 Å². The lowest BCUT2D eigenvalue weighted by Crippen LogP contribution is -2.55. The molecular formula is C30H43N7O7S. The molecule has 246 valence electrons. The molecule has 0 spiro atoms. The fraction of sp³-hybridized carbons (Fsp3) is 0.433. The van der Waals surface area contributed by atoms with Gasteiger partial charge in [0.25, 0.3) is 0 Å². The van der Waals surface area contributed by atoms with E-state index in [2.05, 4.69) is 20.9 Å². The largest absolute Gasteiger partial charge is 0.508 e. The van der Waals surface area contributed by atoms with Crippen molar-refractivity contribution in [2.24, 2.45) is 16.5 Å². The molecule has 0 aliphatic rings. The van der Waals surface area contributed by atoms with E-state index in [-0.39, 0.29) is 36.9 Å². The number of rotatable bonds is 17. The summed E-state index contributed by atoms with van der Waals surface area (Å²) in [5.41, 5.74) is 12.5. The van der Waals surface area contributed by atoms with Gasteiger partial charge in [-0.2, -0.15) is 0 Å². The Bertz CT molecular complexity index is 1340. The molecule has 5 atom stereocenters. The lowest BCUT2D eigenvalue weighted by atomic mass is 10.0. The average molecular weight is 646 g/mol. The van der Waals surface area contributed by atoms with Gasteiger partial charge in [-0.3, -0.25) is 23.4 Å². The second-order valence-corrected chi connectivity index (χ2v) is 12.1. The van der Waals surface area contributed by atoms with E-state index in [4.69, 9.17) is 11.5 Å². The lowest BCUT2D eigenvalue weighted by molar-refractivity contribution is -0.139. The Hall–Kier alpha value is -4.50. The number of nitrogens with two attached hydrogens (primary N) is 2. The number of guanidine groups is 1. The molecule has 0 aliphatic heterocycles. The number of aliphatic hydroxyl groups is 1. The van der Waals surface area contributed by atoms with Crippen LogP contribution in [-0.2, 0) is 42.8 Å². The van der Waals surface area contributed by atoms with Crippen LogP contribution in [0.1, 0.15) is 24.5 Å². The third-order valence-electron chi connectivity index (χ3n) is 6.89. The first-order valence-electron chi connectivity index (χ1n) is 14.3. The maximum Gasteiger partial charge on any atom is 0.245 e. The standard InChI is InChI=1S/C30H43N7O7S/c1-19(34-28(42)24(36-30(31)32)15-21-9-11-23(39)12-10-21)27(41)33-17-26(40)37(2)25(16-20-7-5-4-6-8-20)29(43)35-22(18-38)13-14-45(3)44/h4-12,19,22,24-25,38-39H,13-18H2,1-3H3,(H,33,41)(H,34,42)(H,35,43)(H4,31,32,36). The van der Waals surface area contributed by atoms with Gasteiger partial charge in [-0.05, 0) is 36.6 Å². The van der Waals surface area contributed by atoms with Crippen LogP contribution < -0.4 is 27.4 Å². The SMILES string of the molecule is CC(NC(=O)C(Cc1ccc(O)cc1)N=C(N)N)C(=O)NCC(=O)N(C)C(Cc1ccccc1)C(=O)NC(CO)CCS(C)=O. The van der Waals surface area contributed by atoms with Crippen molar-refractivity contribution in [2.45, 2.75) is 50.4 Å². The number of aliphatic imine (C=N–C) groups is 1. The van der Waals surface area contributed by atoms with Gasteiger partial charge < -0.3 is 42.5 Å². The summed E-state index contributed by atoms with van der Waals surface area (Å²) in [6, 6.07) is 11.4. The van der Waals surface area contributed by atoms with Gasteiger partial charge in [-0.1, -0.05) is 42.5 Å². The molecule has 0 saturated heterocycles. The predicted molar refractivity (Wildman–Crippen MR) is 171 cm³/mol. The molecule has 0 bridgehead atoms. The minimum absolute atomic E-state index is 0.0548. The van der Waals surface area contributed by atoms with Gasteiger partial charge in [-0.25, -0.2) is 4.99 Å². The summed E-state index contributed by atoms with van der Waals surface area (Å²) in [5.74, 6) is -2.35. The summed E-state index contributed by atoms with van der Waals surface area (Å²) in [6.07, 6.45) is 2.08. The topological polar surface area (TPSA) is 230 Å². The summed E-state index contributed by atoms with van der Waals surface area (Å²) in [4.78, 5) is 57.4. The number of aliphatic hydroxyl groups excluding tert-OH is 1. The molecule has 0 heterocycles. The zero-order valence-electron chi connectivity index (χ0n) is 25.6. The maximum absolute atomic E-state index is 13.3. The van der Waals surface area contributed by atoms with E-state index in [1.807, 2.05) is 18.2 Å². The van der Waals surface area contributed by atoms with Gasteiger partial charge in [0.05, 0.1) is 19.2 Å². The third kappa shape index (κ3) is 12.9. The highest BCUT2D eigenvalue weighted by Crippen LogP contribution is 2.13. The van der Waals surface area contributed by atoms with Crippen LogP contribution in [0.2, 0.25) is 0 Å². The fourth-order valence-corrected chi connectivity index (χ4v) is 4.90. The number of phenols is 1. The van der Waals surface area contributed by atoms with E-state index in [0.29, 0.717) is 12.0 Å². The number of likely N-dealkylation sites (N-methyl/N-ethyl adjacent to an activating group) is 1. The number of carbonyl (C=O) groups excluding carboxylic acids is 4. The van der Waals surface area contributed by atoms with Crippen molar-refractivity contribution in [3.05, 3.63) is 65.7 Å². The van der Waals surface area contributed by atoms with Crippen molar-refractivity contribution >= 4 is 40.4 Å². The van der Waals surface area contributed by atoms with Crippen molar-refractivity contribution in [3.8, 4) is 5.75 Å². The monoisotopic (exact) mass is 645 g/mol. The van der Waals surface area contributed by atoms with Crippen LogP contribution >= 0.6 is 0 Å². The summed E-state index contributed by atoms with van der Waals surface area (Å²) in [5, 5.41) is 27.0. The lowest BCUT2D eigenvalue weighted by Gasteiger charge is -2.29. The third-order valence-corrected chi connectivity index (χ3v) is 7.71. The van der Waals surface area contributed by atoms with E-state index < -0.39 is 65.1 Å². The molecule has 2 rings (SSSR count). The molecule has 4 amide bonds. The Balaban J connectivity index is 2.05. The molecule has 15 heteroatoms. The highest BCUT2D eigenvalue weighted by Gasteiger charge is 2.30. The Morgan fingerprint density at radius 1 is 0.933 bits per heavy atom. The van der Waals surface area contributed by atoms with Gasteiger partial charge in [0.15, 0.2) is 5.96 Å². The maximum atomic E-state index is 13.3. The fourth-order valence-electron chi connectivity index (χ4n) is 4.28. The quantitative estimate of drug-likeness (QED) is 0.0784. The van der Waals surface area contributed by atoms with Crippen LogP contribution in [0.5, 0.6) is 5.75 Å². The number of phenolic OH excluding ortho intramolecular Hbond substituents is 1. The van der Waals surface area contributed by atoms with Crippen molar-refractivity contribution in [1.29, 1.82) is 0 Å². The molecule has 0 aliphatic carbocycles.